The molecule has 3 fully saturated rings. The van der Waals surface area contributed by atoms with Crippen LogP contribution in [-0.2, 0) is 14.3 Å². The number of carbonyl (C=O) groups is 1. The first-order valence-corrected chi connectivity index (χ1v) is 9.48. The van der Waals surface area contributed by atoms with Gasteiger partial charge in [-0.25, -0.2) is 0 Å². The van der Waals surface area contributed by atoms with Crippen molar-refractivity contribution in [2.24, 2.45) is 5.92 Å². The SMILES string of the molecule is O=C(Nc1cccnc1)[C@@H]1CC[C@@H]2[C@@H](CCN2CC2CCOCC2)O1. The highest BCUT2D eigenvalue weighted by molar-refractivity contribution is 5.94. The maximum absolute atomic E-state index is 12.5. The number of likely N-dealkylation sites (tertiary alicyclic amines) is 1. The van der Waals surface area contributed by atoms with Gasteiger partial charge in [0.2, 0.25) is 0 Å². The number of nitrogens with one attached hydrogen (secondary N) is 1. The highest BCUT2D eigenvalue weighted by Gasteiger charge is 2.42. The van der Waals surface area contributed by atoms with E-state index in [0.29, 0.717) is 6.04 Å². The van der Waals surface area contributed by atoms with E-state index in [1.165, 1.54) is 12.8 Å². The van der Waals surface area contributed by atoms with Gasteiger partial charge in [0.15, 0.2) is 0 Å². The molecule has 0 unspecified atom stereocenters. The average Bonchev–Trinajstić information content (AvgIpc) is 3.05. The largest absolute Gasteiger partial charge is 0.381 e. The molecule has 0 saturated carbocycles. The molecule has 0 spiro atoms. The Hall–Kier alpha value is -1.50. The van der Waals surface area contributed by atoms with Gasteiger partial charge in [-0.3, -0.25) is 14.7 Å². The Morgan fingerprint density at radius 3 is 2.92 bits per heavy atom. The van der Waals surface area contributed by atoms with Crippen LogP contribution in [0.1, 0.15) is 32.1 Å². The van der Waals surface area contributed by atoms with E-state index in [9.17, 15) is 4.79 Å². The van der Waals surface area contributed by atoms with Crippen molar-refractivity contribution in [3.8, 4) is 0 Å². The minimum atomic E-state index is -0.343. The minimum absolute atomic E-state index is 0.0469. The van der Waals surface area contributed by atoms with Crippen LogP contribution in [0.5, 0.6) is 0 Å². The normalized spacial score (nSPS) is 30.8. The average molecular weight is 345 g/mol. The van der Waals surface area contributed by atoms with Gasteiger partial charge in [0, 0.05) is 38.5 Å². The maximum Gasteiger partial charge on any atom is 0.253 e. The molecule has 0 bridgehead atoms. The van der Waals surface area contributed by atoms with Crippen molar-refractivity contribution in [2.75, 3.05) is 31.6 Å². The number of anilines is 1. The van der Waals surface area contributed by atoms with Crippen molar-refractivity contribution in [3.05, 3.63) is 24.5 Å². The molecule has 136 valence electrons. The van der Waals surface area contributed by atoms with Crippen LogP contribution in [0.2, 0.25) is 0 Å². The van der Waals surface area contributed by atoms with Crippen molar-refractivity contribution in [1.82, 2.24) is 9.88 Å². The van der Waals surface area contributed by atoms with E-state index >= 15 is 0 Å². The molecule has 1 N–H and O–H groups in total. The van der Waals surface area contributed by atoms with E-state index < -0.39 is 0 Å². The summed E-state index contributed by atoms with van der Waals surface area (Å²) in [5.41, 5.74) is 0.728. The van der Waals surface area contributed by atoms with E-state index in [1.807, 2.05) is 12.1 Å². The summed E-state index contributed by atoms with van der Waals surface area (Å²) in [6.07, 6.45) is 8.41. The number of amides is 1. The Bertz CT molecular complexity index is 577. The monoisotopic (exact) mass is 345 g/mol. The van der Waals surface area contributed by atoms with Crippen LogP contribution >= 0.6 is 0 Å². The van der Waals surface area contributed by atoms with Gasteiger partial charge in [-0.05, 0) is 50.2 Å². The van der Waals surface area contributed by atoms with Crippen molar-refractivity contribution in [2.45, 2.75) is 50.4 Å². The topological polar surface area (TPSA) is 63.7 Å². The number of aromatic nitrogens is 1. The van der Waals surface area contributed by atoms with Crippen LogP contribution in [0.25, 0.3) is 0 Å². The Kier molecular flexibility index (Phi) is 5.29. The summed E-state index contributed by atoms with van der Waals surface area (Å²) in [6, 6.07) is 4.14. The first-order valence-electron chi connectivity index (χ1n) is 9.48. The van der Waals surface area contributed by atoms with E-state index in [0.717, 1.165) is 57.2 Å². The quantitative estimate of drug-likeness (QED) is 0.905. The number of ether oxygens (including phenoxy) is 2. The summed E-state index contributed by atoms with van der Waals surface area (Å²) >= 11 is 0. The van der Waals surface area contributed by atoms with Gasteiger partial charge >= 0.3 is 0 Å². The highest BCUT2D eigenvalue weighted by atomic mass is 16.5. The molecule has 0 radical (unpaired) electrons. The van der Waals surface area contributed by atoms with Gasteiger partial charge in [0.1, 0.15) is 6.10 Å². The van der Waals surface area contributed by atoms with Gasteiger partial charge in [0.05, 0.1) is 18.0 Å². The second-order valence-corrected chi connectivity index (χ2v) is 7.38. The zero-order valence-electron chi connectivity index (χ0n) is 14.6. The molecular formula is C19H27N3O3. The van der Waals surface area contributed by atoms with Crippen molar-refractivity contribution in [1.29, 1.82) is 0 Å². The number of nitrogens with zero attached hydrogens (tertiary/aromatic N) is 2. The van der Waals surface area contributed by atoms with Crippen LogP contribution in [-0.4, -0.2) is 60.3 Å². The fraction of sp³-hybridized carbons (Fsp3) is 0.684. The molecule has 1 amide bonds. The molecule has 0 aromatic carbocycles. The smallest absolute Gasteiger partial charge is 0.253 e. The summed E-state index contributed by atoms with van der Waals surface area (Å²) in [6.45, 7) is 4.05. The van der Waals surface area contributed by atoms with E-state index in [4.69, 9.17) is 9.47 Å². The number of fused-ring (bicyclic) bond motifs is 1. The van der Waals surface area contributed by atoms with Gasteiger partial charge < -0.3 is 14.8 Å². The standard InChI is InChI=1S/C19H27N3O3/c23-19(21-15-2-1-8-20-12-15)18-4-3-16-17(25-18)5-9-22(16)13-14-6-10-24-11-7-14/h1-2,8,12,14,16-18H,3-7,9-11,13H2,(H,21,23)/t16-,17-,18+/m1/s1. The lowest BCUT2D eigenvalue weighted by atomic mass is 9.96. The Balaban J connectivity index is 1.30. The predicted octanol–water partition coefficient (Wildman–Crippen LogP) is 2.07. The van der Waals surface area contributed by atoms with E-state index in [1.54, 1.807) is 12.4 Å². The molecular weight excluding hydrogens is 318 g/mol. The second kappa shape index (κ2) is 7.81. The van der Waals surface area contributed by atoms with E-state index in [2.05, 4.69) is 15.2 Å². The molecule has 1 aromatic heterocycles. The lowest BCUT2D eigenvalue weighted by molar-refractivity contribution is -0.138. The van der Waals surface area contributed by atoms with Crippen LogP contribution < -0.4 is 5.32 Å². The lowest BCUT2D eigenvalue weighted by Gasteiger charge is -2.37. The number of pyridine rings is 1. The summed E-state index contributed by atoms with van der Waals surface area (Å²) in [4.78, 5) is 19.1. The van der Waals surface area contributed by atoms with Crippen LogP contribution in [0, 0.1) is 5.92 Å². The van der Waals surface area contributed by atoms with Crippen molar-refractivity contribution in [3.63, 3.8) is 0 Å². The minimum Gasteiger partial charge on any atom is -0.381 e. The van der Waals surface area contributed by atoms with Gasteiger partial charge in [0.25, 0.3) is 5.91 Å². The highest BCUT2D eigenvalue weighted by Crippen LogP contribution is 2.33. The molecule has 4 heterocycles. The molecule has 4 rings (SSSR count). The first kappa shape index (κ1) is 16.9. The van der Waals surface area contributed by atoms with Crippen LogP contribution in [0.4, 0.5) is 5.69 Å². The predicted molar refractivity (Wildman–Crippen MR) is 94.3 cm³/mol. The number of carbonyl (C=O) groups excluding carboxylic acids is 1. The molecule has 6 nitrogen and oxygen atoms in total. The fourth-order valence-corrected chi connectivity index (χ4v) is 4.35. The number of rotatable bonds is 4. The third-order valence-corrected chi connectivity index (χ3v) is 5.72. The fourth-order valence-electron chi connectivity index (χ4n) is 4.35. The summed E-state index contributed by atoms with van der Waals surface area (Å²) < 4.78 is 11.6. The Morgan fingerprint density at radius 2 is 2.12 bits per heavy atom. The first-order chi connectivity index (χ1) is 12.3. The van der Waals surface area contributed by atoms with Crippen molar-refractivity contribution >= 4 is 11.6 Å². The van der Waals surface area contributed by atoms with E-state index in [-0.39, 0.29) is 18.1 Å². The van der Waals surface area contributed by atoms with Gasteiger partial charge in [-0.15, -0.1) is 0 Å². The summed E-state index contributed by atoms with van der Waals surface area (Å²) in [7, 11) is 0. The number of hydrogen-bond donors (Lipinski definition) is 1. The van der Waals surface area contributed by atoms with Crippen LogP contribution in [0.3, 0.4) is 0 Å². The van der Waals surface area contributed by atoms with Gasteiger partial charge in [-0.1, -0.05) is 0 Å². The lowest BCUT2D eigenvalue weighted by Crippen LogP contribution is -2.47. The molecule has 3 saturated heterocycles. The molecule has 3 aliphatic heterocycles. The molecule has 3 aliphatic rings. The molecule has 3 atom stereocenters. The second-order valence-electron chi connectivity index (χ2n) is 7.38. The Labute approximate surface area is 148 Å². The third-order valence-electron chi connectivity index (χ3n) is 5.72. The van der Waals surface area contributed by atoms with Gasteiger partial charge in [-0.2, -0.15) is 0 Å². The molecule has 6 heteroatoms. The zero-order chi connectivity index (χ0) is 17.1. The summed E-state index contributed by atoms with van der Waals surface area (Å²) in [5, 5.41) is 2.91. The van der Waals surface area contributed by atoms with Crippen molar-refractivity contribution < 1.29 is 14.3 Å². The molecule has 1 aromatic rings. The summed E-state index contributed by atoms with van der Waals surface area (Å²) in [5.74, 6) is 0.702. The molecule has 0 aliphatic carbocycles. The third kappa shape index (κ3) is 4.02. The maximum atomic E-state index is 12.5. The zero-order valence-corrected chi connectivity index (χ0v) is 14.6. The van der Waals surface area contributed by atoms with Crippen LogP contribution in [0.15, 0.2) is 24.5 Å². The Morgan fingerprint density at radius 1 is 1.24 bits per heavy atom. The molecule has 25 heavy (non-hydrogen) atoms. The number of hydrogen-bond acceptors (Lipinski definition) is 5.